The summed E-state index contributed by atoms with van der Waals surface area (Å²) in [4.78, 5) is 27.7. The van der Waals surface area contributed by atoms with Gasteiger partial charge in [-0.05, 0) is 36.4 Å². The summed E-state index contributed by atoms with van der Waals surface area (Å²) in [5.74, 6) is 0.545. The van der Waals surface area contributed by atoms with Crippen LogP contribution in [0.15, 0.2) is 60.7 Å². The smallest absolute Gasteiger partial charge is 0.259 e. The van der Waals surface area contributed by atoms with Crippen molar-refractivity contribution in [3.05, 3.63) is 71.8 Å². The summed E-state index contributed by atoms with van der Waals surface area (Å²) >= 11 is 0. The molecule has 0 unspecified atom stereocenters. The van der Waals surface area contributed by atoms with Crippen molar-refractivity contribution >= 4 is 28.3 Å². The average Bonchev–Trinajstić information content (AvgIpc) is 3.07. The molecule has 0 saturated heterocycles. The summed E-state index contributed by atoms with van der Waals surface area (Å²) in [5, 5.41) is 5.13. The maximum absolute atomic E-state index is 13.1. The second kappa shape index (κ2) is 7.41. The molecule has 0 saturated carbocycles. The summed E-state index contributed by atoms with van der Waals surface area (Å²) in [6, 6.07) is 19.3. The van der Waals surface area contributed by atoms with E-state index in [1.54, 1.807) is 4.90 Å². The topological polar surface area (TPSA) is 58.6 Å². The third-order valence-corrected chi connectivity index (χ3v) is 6.77. The van der Waals surface area contributed by atoms with Gasteiger partial charge in [-0.15, -0.1) is 0 Å². The van der Waals surface area contributed by atoms with E-state index in [0.717, 1.165) is 40.6 Å². The molecule has 3 aromatic rings. The first-order valence-electron chi connectivity index (χ1n) is 11.0. The van der Waals surface area contributed by atoms with E-state index in [4.69, 9.17) is 4.74 Å². The molecule has 2 aliphatic heterocycles. The van der Waals surface area contributed by atoms with Crippen LogP contribution in [0.5, 0.6) is 5.75 Å². The average molecular weight is 415 g/mol. The molecular weight excluding hydrogens is 388 g/mol. The highest BCUT2D eigenvalue weighted by Gasteiger charge is 2.39. The van der Waals surface area contributed by atoms with E-state index in [2.05, 4.69) is 19.2 Å². The number of nitrogens with one attached hydrogen (secondary N) is 1. The molecule has 5 nitrogen and oxygen atoms in total. The van der Waals surface area contributed by atoms with E-state index in [-0.39, 0.29) is 30.0 Å². The fraction of sp³-hybridized carbons (Fsp3) is 0.308. The van der Waals surface area contributed by atoms with E-state index in [1.807, 2.05) is 60.7 Å². The van der Waals surface area contributed by atoms with Crippen LogP contribution in [-0.2, 0) is 4.79 Å². The van der Waals surface area contributed by atoms with Gasteiger partial charge in [-0.1, -0.05) is 56.3 Å². The van der Waals surface area contributed by atoms with Crippen LogP contribution in [0.2, 0.25) is 0 Å². The number of para-hydroxylation sites is 1. The van der Waals surface area contributed by atoms with Gasteiger partial charge in [0.1, 0.15) is 17.9 Å². The first-order chi connectivity index (χ1) is 15.0. The number of carbonyl (C=O) groups excluding carboxylic acids is 2. The SMILES string of the molecule is CCC1(CC)C[C@H](NC(=O)CN2C(=O)c3cccc4cccc2c34)c2ccccc2O1. The highest BCUT2D eigenvalue weighted by molar-refractivity contribution is 6.26. The molecule has 0 spiro atoms. The molecule has 2 heterocycles. The van der Waals surface area contributed by atoms with Crippen molar-refractivity contribution in [3.63, 3.8) is 0 Å². The van der Waals surface area contributed by atoms with Crippen molar-refractivity contribution < 1.29 is 14.3 Å². The fourth-order valence-corrected chi connectivity index (χ4v) is 4.95. The van der Waals surface area contributed by atoms with Gasteiger partial charge in [-0.2, -0.15) is 0 Å². The molecule has 0 aromatic heterocycles. The van der Waals surface area contributed by atoms with Gasteiger partial charge in [0.05, 0.1) is 11.7 Å². The molecule has 158 valence electrons. The van der Waals surface area contributed by atoms with Gasteiger partial charge in [0, 0.05) is 22.9 Å². The van der Waals surface area contributed by atoms with Crippen LogP contribution < -0.4 is 15.0 Å². The van der Waals surface area contributed by atoms with Crippen LogP contribution in [-0.4, -0.2) is 24.0 Å². The molecule has 1 atom stereocenters. The lowest BCUT2D eigenvalue weighted by atomic mass is 9.83. The Bertz CT molecular complexity index is 1180. The van der Waals surface area contributed by atoms with Crippen LogP contribution in [0.25, 0.3) is 10.8 Å². The summed E-state index contributed by atoms with van der Waals surface area (Å²) in [5.41, 5.74) is 2.16. The van der Waals surface area contributed by atoms with E-state index in [0.29, 0.717) is 12.0 Å². The Morgan fingerprint density at radius 3 is 2.58 bits per heavy atom. The lowest BCUT2D eigenvalue weighted by Gasteiger charge is -2.41. The third kappa shape index (κ3) is 3.16. The monoisotopic (exact) mass is 414 g/mol. The molecule has 0 bridgehead atoms. The highest BCUT2D eigenvalue weighted by atomic mass is 16.5. The standard InChI is InChI=1S/C26H26N2O3/c1-3-26(4-2)15-20(18-11-5-6-14-22(18)31-26)27-23(29)16-28-21-13-8-10-17-9-7-12-19(24(17)21)25(28)30/h5-14,20H,3-4,15-16H2,1-2H3,(H,27,29)/t20-/m0/s1. The first-order valence-corrected chi connectivity index (χ1v) is 11.0. The van der Waals surface area contributed by atoms with Crippen LogP contribution in [0.3, 0.4) is 0 Å². The van der Waals surface area contributed by atoms with Crippen molar-refractivity contribution in [2.75, 3.05) is 11.4 Å². The zero-order chi connectivity index (χ0) is 21.6. The molecule has 0 fully saturated rings. The molecule has 5 heteroatoms. The number of anilines is 1. The maximum atomic E-state index is 13.1. The van der Waals surface area contributed by atoms with Crippen molar-refractivity contribution in [2.45, 2.75) is 44.8 Å². The minimum Gasteiger partial charge on any atom is -0.487 e. The largest absolute Gasteiger partial charge is 0.487 e. The normalized spacial score (nSPS) is 18.6. The Kier molecular flexibility index (Phi) is 4.69. The van der Waals surface area contributed by atoms with Gasteiger partial charge < -0.3 is 10.1 Å². The summed E-state index contributed by atoms with van der Waals surface area (Å²) in [6.45, 7) is 4.24. The molecule has 2 aliphatic rings. The van der Waals surface area contributed by atoms with Gasteiger partial charge in [0.15, 0.2) is 0 Å². The summed E-state index contributed by atoms with van der Waals surface area (Å²) in [6.07, 6.45) is 2.45. The van der Waals surface area contributed by atoms with Crippen LogP contribution >= 0.6 is 0 Å². The third-order valence-electron chi connectivity index (χ3n) is 6.77. The minimum atomic E-state index is -0.294. The Labute approximate surface area is 182 Å². The second-order valence-electron chi connectivity index (χ2n) is 8.43. The number of amides is 2. The molecular formula is C26H26N2O3. The Morgan fingerprint density at radius 1 is 1.06 bits per heavy atom. The van der Waals surface area contributed by atoms with Crippen LogP contribution in [0, 0.1) is 0 Å². The van der Waals surface area contributed by atoms with Gasteiger partial charge in [-0.3, -0.25) is 14.5 Å². The Hall–Kier alpha value is -3.34. The predicted octanol–water partition coefficient (Wildman–Crippen LogP) is 5.00. The molecule has 3 aromatic carbocycles. The number of carbonyl (C=O) groups is 2. The second-order valence-corrected chi connectivity index (χ2v) is 8.43. The first kappa shape index (κ1) is 19.6. The number of hydrogen-bond donors (Lipinski definition) is 1. The van der Waals surface area contributed by atoms with E-state index < -0.39 is 0 Å². The fourth-order valence-electron chi connectivity index (χ4n) is 4.95. The van der Waals surface area contributed by atoms with Crippen molar-refractivity contribution in [3.8, 4) is 5.75 Å². The van der Waals surface area contributed by atoms with E-state index >= 15 is 0 Å². The van der Waals surface area contributed by atoms with Crippen LogP contribution in [0.1, 0.15) is 55.1 Å². The minimum absolute atomic E-state index is 0.00258. The number of nitrogens with zero attached hydrogens (tertiary/aromatic N) is 1. The molecule has 5 rings (SSSR count). The molecule has 0 radical (unpaired) electrons. The van der Waals surface area contributed by atoms with Gasteiger partial charge in [0.25, 0.3) is 5.91 Å². The summed E-state index contributed by atoms with van der Waals surface area (Å²) in [7, 11) is 0. The van der Waals surface area contributed by atoms with Gasteiger partial charge in [0.2, 0.25) is 5.91 Å². The Morgan fingerprint density at radius 2 is 1.81 bits per heavy atom. The predicted molar refractivity (Wildman–Crippen MR) is 122 cm³/mol. The molecule has 1 N–H and O–H groups in total. The maximum Gasteiger partial charge on any atom is 0.259 e. The number of benzene rings is 3. The Balaban J connectivity index is 1.40. The number of fused-ring (bicyclic) bond motifs is 1. The zero-order valence-corrected chi connectivity index (χ0v) is 17.9. The van der Waals surface area contributed by atoms with Crippen molar-refractivity contribution in [1.82, 2.24) is 5.32 Å². The highest BCUT2D eigenvalue weighted by Crippen LogP contribution is 2.43. The van der Waals surface area contributed by atoms with Crippen molar-refractivity contribution in [1.29, 1.82) is 0 Å². The van der Waals surface area contributed by atoms with Gasteiger partial charge in [-0.25, -0.2) is 0 Å². The number of rotatable bonds is 5. The van der Waals surface area contributed by atoms with Gasteiger partial charge >= 0.3 is 0 Å². The summed E-state index contributed by atoms with van der Waals surface area (Å²) < 4.78 is 6.35. The molecule has 0 aliphatic carbocycles. The molecule has 2 amide bonds. The van der Waals surface area contributed by atoms with Crippen LogP contribution in [0.4, 0.5) is 5.69 Å². The zero-order valence-electron chi connectivity index (χ0n) is 17.9. The van der Waals surface area contributed by atoms with E-state index in [1.165, 1.54) is 0 Å². The lowest BCUT2D eigenvalue weighted by Crippen LogP contribution is -2.47. The lowest BCUT2D eigenvalue weighted by molar-refractivity contribution is -0.121. The van der Waals surface area contributed by atoms with E-state index in [9.17, 15) is 9.59 Å². The number of ether oxygens (including phenoxy) is 1. The quantitative estimate of drug-likeness (QED) is 0.639. The molecule has 31 heavy (non-hydrogen) atoms. The van der Waals surface area contributed by atoms with Crippen molar-refractivity contribution in [2.24, 2.45) is 0 Å². The number of hydrogen-bond acceptors (Lipinski definition) is 3.